The molecule has 0 atom stereocenters. The van der Waals surface area contributed by atoms with E-state index < -0.39 is 0 Å². The van der Waals surface area contributed by atoms with Gasteiger partial charge < -0.3 is 5.32 Å². The fourth-order valence-corrected chi connectivity index (χ4v) is 3.48. The number of nitrogens with zero attached hydrogens (tertiary/aromatic N) is 2. The third kappa shape index (κ3) is 4.50. The maximum atomic E-state index is 4.30. The Morgan fingerprint density at radius 3 is 2.79 bits per heavy atom. The van der Waals surface area contributed by atoms with E-state index in [-0.39, 0.29) is 0 Å². The molecule has 0 radical (unpaired) electrons. The van der Waals surface area contributed by atoms with Gasteiger partial charge in [0.2, 0.25) is 0 Å². The Kier molecular flexibility index (Phi) is 5.72. The van der Waals surface area contributed by atoms with Gasteiger partial charge in [0.25, 0.3) is 0 Å². The first-order valence-electron chi connectivity index (χ1n) is 6.47. The molecule has 2 aromatic rings. The van der Waals surface area contributed by atoms with Gasteiger partial charge in [-0.15, -0.1) is 10.2 Å². The summed E-state index contributed by atoms with van der Waals surface area (Å²) in [7, 11) is 0. The Morgan fingerprint density at radius 1 is 1.26 bits per heavy atom. The van der Waals surface area contributed by atoms with Gasteiger partial charge in [-0.1, -0.05) is 43.4 Å². The topological polar surface area (TPSA) is 37.8 Å². The fraction of sp³-hybridized carbons (Fsp3) is 0.429. The molecule has 1 aromatic carbocycles. The van der Waals surface area contributed by atoms with Crippen LogP contribution in [0, 0.1) is 3.57 Å². The van der Waals surface area contributed by atoms with E-state index in [1.165, 1.54) is 9.13 Å². The number of nitrogens with one attached hydrogen (secondary N) is 1. The first-order chi connectivity index (χ1) is 9.16. The highest BCUT2D eigenvalue weighted by atomic mass is 127. The monoisotopic (exact) mass is 387 g/mol. The van der Waals surface area contributed by atoms with E-state index in [9.17, 15) is 0 Å². The number of hydrogen-bond donors (Lipinski definition) is 1. The molecule has 0 aliphatic heterocycles. The summed E-state index contributed by atoms with van der Waals surface area (Å²) in [5, 5.41) is 14.2. The minimum absolute atomic E-state index is 0.552. The second-order valence-corrected chi connectivity index (χ2v) is 6.92. The molecule has 0 fully saturated rings. The van der Waals surface area contributed by atoms with Crippen LogP contribution in [0.3, 0.4) is 0 Å². The van der Waals surface area contributed by atoms with Crippen molar-refractivity contribution >= 4 is 33.9 Å². The largest absolute Gasteiger partial charge is 0.315 e. The lowest BCUT2D eigenvalue weighted by Gasteiger charge is -2.05. The van der Waals surface area contributed by atoms with Crippen molar-refractivity contribution in [2.24, 2.45) is 0 Å². The number of benzene rings is 1. The Labute approximate surface area is 132 Å². The zero-order valence-corrected chi connectivity index (χ0v) is 14.2. The molecule has 5 heteroatoms. The molecule has 0 spiro atoms. The first kappa shape index (κ1) is 14.9. The van der Waals surface area contributed by atoms with Crippen molar-refractivity contribution in [3.05, 3.63) is 32.8 Å². The van der Waals surface area contributed by atoms with E-state index in [1.54, 1.807) is 11.3 Å². The smallest absolute Gasteiger partial charge is 0.148 e. The number of halogens is 1. The van der Waals surface area contributed by atoms with Crippen LogP contribution in [0.1, 0.15) is 25.3 Å². The zero-order valence-electron chi connectivity index (χ0n) is 11.2. The summed E-state index contributed by atoms with van der Waals surface area (Å²) in [6.45, 7) is 5.37. The van der Waals surface area contributed by atoms with Crippen LogP contribution in [0.4, 0.5) is 0 Å². The summed E-state index contributed by atoms with van der Waals surface area (Å²) in [5.41, 5.74) is 1.19. The first-order valence-corrected chi connectivity index (χ1v) is 8.37. The third-order valence-electron chi connectivity index (χ3n) is 2.69. The minimum atomic E-state index is 0.552. The van der Waals surface area contributed by atoms with Gasteiger partial charge in [0, 0.05) is 21.6 Å². The van der Waals surface area contributed by atoms with E-state index in [0.29, 0.717) is 6.04 Å². The molecule has 0 unspecified atom stereocenters. The highest BCUT2D eigenvalue weighted by Gasteiger charge is 2.09. The van der Waals surface area contributed by atoms with Crippen LogP contribution >= 0.6 is 33.9 Å². The molecule has 0 aliphatic rings. The second-order valence-electron chi connectivity index (χ2n) is 4.69. The summed E-state index contributed by atoms with van der Waals surface area (Å²) in [6.07, 6.45) is 2.11. The molecular formula is C14H18IN3S. The molecule has 102 valence electrons. The summed E-state index contributed by atoms with van der Waals surface area (Å²) in [5.74, 6) is 0. The van der Waals surface area contributed by atoms with E-state index >= 15 is 0 Å². The number of aromatic nitrogens is 2. The van der Waals surface area contributed by atoms with Gasteiger partial charge in [-0.3, -0.25) is 0 Å². The maximum absolute atomic E-state index is 4.30. The quantitative estimate of drug-likeness (QED) is 0.606. The lowest BCUT2D eigenvalue weighted by Crippen LogP contribution is -2.23. The van der Waals surface area contributed by atoms with Crippen molar-refractivity contribution in [2.75, 3.05) is 6.54 Å². The van der Waals surface area contributed by atoms with Crippen molar-refractivity contribution in [1.82, 2.24) is 15.5 Å². The molecule has 2 rings (SSSR count). The van der Waals surface area contributed by atoms with Crippen LogP contribution < -0.4 is 5.32 Å². The Bertz CT molecular complexity index is 525. The molecule has 0 amide bonds. The number of aryl methyl sites for hydroxylation is 1. The van der Waals surface area contributed by atoms with Crippen molar-refractivity contribution in [3.63, 3.8) is 0 Å². The average molecular weight is 387 g/mol. The van der Waals surface area contributed by atoms with Crippen LogP contribution in [0.2, 0.25) is 0 Å². The highest BCUT2D eigenvalue weighted by Crippen LogP contribution is 2.28. The summed E-state index contributed by atoms with van der Waals surface area (Å²) < 4.78 is 1.23. The lowest BCUT2D eigenvalue weighted by atomic mass is 10.2. The number of hydrogen-bond acceptors (Lipinski definition) is 4. The van der Waals surface area contributed by atoms with Gasteiger partial charge >= 0.3 is 0 Å². The van der Waals surface area contributed by atoms with Gasteiger partial charge in [0.05, 0.1) is 0 Å². The van der Waals surface area contributed by atoms with Crippen molar-refractivity contribution in [2.45, 2.75) is 32.7 Å². The van der Waals surface area contributed by atoms with E-state index in [2.05, 4.69) is 64.1 Å². The van der Waals surface area contributed by atoms with E-state index in [0.717, 1.165) is 29.4 Å². The average Bonchev–Trinajstić information content (AvgIpc) is 2.83. The van der Waals surface area contributed by atoms with Crippen LogP contribution in [-0.4, -0.2) is 22.8 Å². The van der Waals surface area contributed by atoms with E-state index in [4.69, 9.17) is 0 Å². The van der Waals surface area contributed by atoms with Gasteiger partial charge in [-0.05, 0) is 41.6 Å². The van der Waals surface area contributed by atoms with Gasteiger partial charge in [0.1, 0.15) is 10.0 Å². The standard InChI is InChI=1S/C14H18IN3S/c1-10(2)16-9-5-8-13-17-18-14(19-13)11-6-3-4-7-12(11)15/h3-4,6-7,10,16H,5,8-9H2,1-2H3. The summed E-state index contributed by atoms with van der Waals surface area (Å²) >= 11 is 4.05. The molecule has 19 heavy (non-hydrogen) atoms. The molecular weight excluding hydrogens is 369 g/mol. The second kappa shape index (κ2) is 7.31. The van der Waals surface area contributed by atoms with Crippen molar-refractivity contribution < 1.29 is 0 Å². The maximum Gasteiger partial charge on any atom is 0.148 e. The van der Waals surface area contributed by atoms with Gasteiger partial charge in [-0.25, -0.2) is 0 Å². The van der Waals surface area contributed by atoms with Crippen LogP contribution in [0.5, 0.6) is 0 Å². The highest BCUT2D eigenvalue weighted by molar-refractivity contribution is 14.1. The Morgan fingerprint density at radius 2 is 2.05 bits per heavy atom. The molecule has 1 aromatic heterocycles. The predicted octanol–water partition coefficient (Wildman–Crippen LogP) is 3.74. The summed E-state index contributed by atoms with van der Waals surface area (Å²) in [4.78, 5) is 0. The molecule has 1 heterocycles. The molecule has 0 aliphatic carbocycles. The Hall–Kier alpha value is -0.530. The predicted molar refractivity (Wildman–Crippen MR) is 89.5 cm³/mol. The van der Waals surface area contributed by atoms with Crippen LogP contribution in [-0.2, 0) is 6.42 Å². The lowest BCUT2D eigenvalue weighted by molar-refractivity contribution is 0.569. The van der Waals surface area contributed by atoms with E-state index in [1.807, 2.05) is 12.1 Å². The fourth-order valence-electron chi connectivity index (χ4n) is 1.73. The van der Waals surface area contributed by atoms with Gasteiger partial charge in [-0.2, -0.15) is 0 Å². The molecule has 3 nitrogen and oxygen atoms in total. The van der Waals surface area contributed by atoms with Crippen LogP contribution in [0.15, 0.2) is 24.3 Å². The Balaban J connectivity index is 1.94. The third-order valence-corrected chi connectivity index (χ3v) is 4.65. The zero-order chi connectivity index (χ0) is 13.7. The minimum Gasteiger partial charge on any atom is -0.315 e. The molecule has 0 saturated carbocycles. The van der Waals surface area contributed by atoms with Crippen LogP contribution in [0.25, 0.3) is 10.6 Å². The molecule has 0 saturated heterocycles. The molecule has 0 bridgehead atoms. The van der Waals surface area contributed by atoms with Crippen molar-refractivity contribution in [1.29, 1.82) is 0 Å². The summed E-state index contributed by atoms with van der Waals surface area (Å²) in [6, 6.07) is 8.85. The number of rotatable bonds is 6. The molecule has 1 N–H and O–H groups in total. The SMILES string of the molecule is CC(C)NCCCc1nnc(-c2ccccc2I)s1. The van der Waals surface area contributed by atoms with Gasteiger partial charge in [0.15, 0.2) is 0 Å². The van der Waals surface area contributed by atoms with Crippen molar-refractivity contribution in [3.8, 4) is 10.6 Å². The normalized spacial score (nSPS) is 11.2.